The summed E-state index contributed by atoms with van der Waals surface area (Å²) in [4.78, 5) is 10.5. The van der Waals surface area contributed by atoms with Crippen LogP contribution in [0.4, 0.5) is 5.69 Å². The van der Waals surface area contributed by atoms with Gasteiger partial charge in [0.1, 0.15) is 12.4 Å². The van der Waals surface area contributed by atoms with Crippen LogP contribution in [0, 0.1) is 10.1 Å². The van der Waals surface area contributed by atoms with E-state index in [1.807, 2.05) is 0 Å². The van der Waals surface area contributed by atoms with Crippen LogP contribution in [-0.4, -0.2) is 18.2 Å². The molecule has 0 bridgehead atoms. The maximum absolute atomic E-state index is 11.0. The zero-order chi connectivity index (χ0) is 15.9. The molecule has 0 aliphatic carbocycles. The minimum atomic E-state index is -0.482. The third-order valence-corrected chi connectivity index (χ3v) is 2.97. The van der Waals surface area contributed by atoms with E-state index in [0.29, 0.717) is 5.75 Å². The molecule has 0 spiro atoms. The van der Waals surface area contributed by atoms with Crippen LogP contribution in [0.2, 0.25) is 0 Å². The molecule has 0 fully saturated rings. The molecule has 2 aromatic carbocycles. The maximum Gasteiger partial charge on any atom is 0.310 e. The molecule has 0 saturated carbocycles. The molecule has 7 nitrogen and oxygen atoms in total. The minimum Gasteiger partial charge on any atom is -0.496 e. The number of nitrogens with two attached hydrogens (primary N) is 1. The Bertz CT molecular complexity index is 701. The van der Waals surface area contributed by atoms with Crippen molar-refractivity contribution in [2.24, 2.45) is 10.9 Å². The van der Waals surface area contributed by atoms with Gasteiger partial charge in [-0.05, 0) is 29.8 Å². The van der Waals surface area contributed by atoms with E-state index in [2.05, 4.69) is 5.10 Å². The molecule has 0 radical (unpaired) electrons. The SMILES string of the molecule is COc1ccc(C=NN)cc1COc1ccccc1[N+](=O)[O-]. The van der Waals surface area contributed by atoms with Crippen LogP contribution in [0.25, 0.3) is 0 Å². The molecular weight excluding hydrogens is 286 g/mol. The van der Waals surface area contributed by atoms with Crippen LogP contribution in [0.3, 0.4) is 0 Å². The molecule has 0 atom stereocenters. The van der Waals surface area contributed by atoms with E-state index in [-0.39, 0.29) is 18.0 Å². The fourth-order valence-electron chi connectivity index (χ4n) is 1.96. The number of para-hydroxylation sites is 2. The molecule has 2 N–H and O–H groups in total. The van der Waals surface area contributed by atoms with E-state index in [4.69, 9.17) is 15.3 Å². The lowest BCUT2D eigenvalue weighted by Crippen LogP contribution is -2.02. The smallest absolute Gasteiger partial charge is 0.310 e. The van der Waals surface area contributed by atoms with Gasteiger partial charge in [0, 0.05) is 11.6 Å². The van der Waals surface area contributed by atoms with Crippen molar-refractivity contribution in [3.63, 3.8) is 0 Å². The fourth-order valence-corrected chi connectivity index (χ4v) is 1.96. The first-order valence-electron chi connectivity index (χ1n) is 6.42. The Morgan fingerprint density at radius 3 is 2.73 bits per heavy atom. The molecule has 22 heavy (non-hydrogen) atoms. The van der Waals surface area contributed by atoms with Gasteiger partial charge in [0.15, 0.2) is 5.75 Å². The summed E-state index contributed by atoms with van der Waals surface area (Å²) in [6.07, 6.45) is 1.49. The average molecular weight is 301 g/mol. The zero-order valence-electron chi connectivity index (χ0n) is 11.9. The number of hydrogen-bond donors (Lipinski definition) is 1. The number of hydrogen-bond acceptors (Lipinski definition) is 6. The average Bonchev–Trinajstić information content (AvgIpc) is 2.53. The molecule has 0 aliphatic heterocycles. The van der Waals surface area contributed by atoms with Crippen molar-refractivity contribution >= 4 is 11.9 Å². The largest absolute Gasteiger partial charge is 0.496 e. The molecular formula is C15H15N3O4. The van der Waals surface area contributed by atoms with Crippen molar-refractivity contribution in [2.75, 3.05) is 7.11 Å². The fraction of sp³-hybridized carbons (Fsp3) is 0.133. The van der Waals surface area contributed by atoms with Gasteiger partial charge in [-0.1, -0.05) is 12.1 Å². The lowest BCUT2D eigenvalue weighted by Gasteiger charge is -2.11. The lowest BCUT2D eigenvalue weighted by molar-refractivity contribution is -0.385. The maximum atomic E-state index is 11.0. The van der Waals surface area contributed by atoms with Crippen molar-refractivity contribution in [3.8, 4) is 11.5 Å². The third-order valence-electron chi connectivity index (χ3n) is 2.97. The number of benzene rings is 2. The van der Waals surface area contributed by atoms with E-state index in [1.165, 1.54) is 12.3 Å². The topological polar surface area (TPSA) is 100.0 Å². The van der Waals surface area contributed by atoms with Crippen LogP contribution in [-0.2, 0) is 6.61 Å². The second-order valence-corrected chi connectivity index (χ2v) is 4.36. The van der Waals surface area contributed by atoms with Crippen LogP contribution < -0.4 is 15.3 Å². The highest BCUT2D eigenvalue weighted by Crippen LogP contribution is 2.28. The van der Waals surface area contributed by atoms with Gasteiger partial charge in [-0.25, -0.2) is 0 Å². The number of nitrogens with zero attached hydrogens (tertiary/aromatic N) is 2. The Hall–Kier alpha value is -3.09. The first-order valence-corrected chi connectivity index (χ1v) is 6.42. The third kappa shape index (κ3) is 3.51. The number of nitro benzene ring substituents is 1. The standard InChI is InChI=1S/C15H15N3O4/c1-21-14-7-6-11(9-17-16)8-12(14)10-22-15-5-3-2-4-13(15)18(19)20/h2-9H,10,16H2,1H3. The summed E-state index contributed by atoms with van der Waals surface area (Å²) in [5, 5.41) is 14.4. The molecule has 0 saturated heterocycles. The second kappa shape index (κ2) is 7.07. The Balaban J connectivity index is 2.24. The second-order valence-electron chi connectivity index (χ2n) is 4.36. The van der Waals surface area contributed by atoms with Crippen molar-refractivity contribution in [1.29, 1.82) is 0 Å². The van der Waals surface area contributed by atoms with Gasteiger partial charge in [0.25, 0.3) is 0 Å². The number of hydrazone groups is 1. The van der Waals surface area contributed by atoms with Gasteiger partial charge in [-0.2, -0.15) is 5.10 Å². The number of ether oxygens (including phenoxy) is 2. The van der Waals surface area contributed by atoms with Gasteiger partial charge in [0.05, 0.1) is 18.2 Å². The lowest BCUT2D eigenvalue weighted by atomic mass is 10.1. The quantitative estimate of drug-likeness (QED) is 0.382. The summed E-state index contributed by atoms with van der Waals surface area (Å²) in [6, 6.07) is 11.6. The molecule has 7 heteroatoms. The van der Waals surface area contributed by atoms with Gasteiger partial charge in [-0.15, -0.1) is 0 Å². The predicted molar refractivity (Wildman–Crippen MR) is 82.2 cm³/mol. The van der Waals surface area contributed by atoms with Gasteiger partial charge in [0.2, 0.25) is 0 Å². The van der Waals surface area contributed by atoms with Crippen LogP contribution in [0.15, 0.2) is 47.6 Å². The van der Waals surface area contributed by atoms with Crippen molar-refractivity contribution in [2.45, 2.75) is 6.61 Å². The molecule has 114 valence electrons. The summed E-state index contributed by atoms with van der Waals surface area (Å²) in [5.74, 6) is 5.95. The number of nitro groups is 1. The highest BCUT2D eigenvalue weighted by molar-refractivity contribution is 5.80. The van der Waals surface area contributed by atoms with Crippen molar-refractivity contribution in [3.05, 3.63) is 63.7 Å². The Morgan fingerprint density at radius 1 is 1.27 bits per heavy atom. The highest BCUT2D eigenvalue weighted by atomic mass is 16.6. The van der Waals surface area contributed by atoms with E-state index in [1.54, 1.807) is 43.5 Å². The Morgan fingerprint density at radius 2 is 2.05 bits per heavy atom. The summed E-state index contributed by atoms with van der Waals surface area (Å²) in [7, 11) is 1.54. The molecule has 0 heterocycles. The van der Waals surface area contributed by atoms with E-state index >= 15 is 0 Å². The van der Waals surface area contributed by atoms with Crippen LogP contribution in [0.5, 0.6) is 11.5 Å². The summed E-state index contributed by atoms with van der Waals surface area (Å²) >= 11 is 0. The molecule has 0 unspecified atom stereocenters. The Labute approximate surface area is 127 Å². The molecule has 2 aromatic rings. The summed E-state index contributed by atoms with van der Waals surface area (Å²) in [6.45, 7) is 0.125. The highest BCUT2D eigenvalue weighted by Gasteiger charge is 2.14. The molecule has 0 amide bonds. The van der Waals surface area contributed by atoms with Gasteiger partial charge < -0.3 is 15.3 Å². The van der Waals surface area contributed by atoms with Crippen molar-refractivity contribution in [1.82, 2.24) is 0 Å². The molecule has 2 rings (SSSR count). The number of methoxy groups -OCH3 is 1. The number of rotatable bonds is 6. The molecule has 0 aromatic heterocycles. The molecule has 0 aliphatic rings. The van der Waals surface area contributed by atoms with Gasteiger partial charge in [-0.3, -0.25) is 10.1 Å². The zero-order valence-corrected chi connectivity index (χ0v) is 11.9. The Kier molecular flexibility index (Phi) is 4.92. The van der Waals surface area contributed by atoms with Crippen molar-refractivity contribution < 1.29 is 14.4 Å². The normalized spacial score (nSPS) is 10.6. The van der Waals surface area contributed by atoms with Crippen LogP contribution >= 0.6 is 0 Å². The van der Waals surface area contributed by atoms with Gasteiger partial charge >= 0.3 is 5.69 Å². The first kappa shape index (κ1) is 15.3. The van der Waals surface area contributed by atoms with E-state index in [9.17, 15) is 10.1 Å². The predicted octanol–water partition coefficient (Wildman–Crippen LogP) is 2.48. The van der Waals surface area contributed by atoms with Crippen LogP contribution in [0.1, 0.15) is 11.1 Å². The minimum absolute atomic E-state index is 0.0823. The first-order chi connectivity index (χ1) is 10.7. The van der Waals surface area contributed by atoms with E-state index < -0.39 is 4.92 Å². The monoisotopic (exact) mass is 301 g/mol. The van der Waals surface area contributed by atoms with E-state index in [0.717, 1.165) is 11.1 Å². The summed E-state index contributed by atoms with van der Waals surface area (Å²) < 4.78 is 10.8. The summed E-state index contributed by atoms with van der Waals surface area (Å²) in [5.41, 5.74) is 1.43.